The molecule has 1 aromatic carbocycles. The fourth-order valence-corrected chi connectivity index (χ4v) is 4.27. The Balaban J connectivity index is 2.23. The number of Topliss-reactive ketones (excluding diaryl/α,β-unsaturated/α-hetero) is 1. The fraction of sp³-hybridized carbons (Fsp3) is 0.462. The molecule has 0 aliphatic heterocycles. The Morgan fingerprint density at radius 1 is 1.13 bits per heavy atom. The minimum Gasteiger partial charge on any atom is -0.417 e. The summed E-state index contributed by atoms with van der Waals surface area (Å²) in [6.07, 6.45) is 7.05. The molecule has 0 aliphatic rings. The van der Waals surface area contributed by atoms with Gasteiger partial charge in [-0.3, -0.25) is 9.78 Å². The summed E-state index contributed by atoms with van der Waals surface area (Å²) in [5.74, 6) is 0.0106. The lowest BCUT2D eigenvalue weighted by molar-refractivity contribution is 0.105. The van der Waals surface area contributed by atoms with E-state index in [2.05, 4.69) is 38.8 Å². The van der Waals surface area contributed by atoms with Gasteiger partial charge in [0.2, 0.25) is 0 Å². The Labute approximate surface area is 189 Å². The molecule has 4 nitrogen and oxygen atoms in total. The van der Waals surface area contributed by atoms with Gasteiger partial charge >= 0.3 is 0 Å². The second-order valence-electron chi connectivity index (χ2n) is 9.90. The van der Waals surface area contributed by atoms with Gasteiger partial charge in [-0.25, -0.2) is 0 Å². The lowest BCUT2D eigenvalue weighted by atomic mass is 9.92. The van der Waals surface area contributed by atoms with Crippen LogP contribution < -0.4 is 0 Å². The summed E-state index contributed by atoms with van der Waals surface area (Å²) in [6.45, 7) is 14.1. The second kappa shape index (κ2) is 10.4. The van der Waals surface area contributed by atoms with Gasteiger partial charge in [0, 0.05) is 50.4 Å². The molecule has 0 saturated heterocycles. The monoisotopic (exact) mass is 438 g/mol. The van der Waals surface area contributed by atoms with E-state index in [4.69, 9.17) is 4.43 Å². The van der Waals surface area contributed by atoms with Crippen LogP contribution in [0.15, 0.2) is 48.9 Å². The lowest BCUT2D eigenvalue weighted by Gasteiger charge is -2.36. The van der Waals surface area contributed by atoms with Crippen LogP contribution in [0.3, 0.4) is 0 Å². The molecule has 0 radical (unpaired) electrons. The first-order valence-electron chi connectivity index (χ1n) is 11.0. The van der Waals surface area contributed by atoms with E-state index in [1.54, 1.807) is 12.4 Å². The molecule has 31 heavy (non-hydrogen) atoms. The smallest absolute Gasteiger partial charge is 0.196 e. The summed E-state index contributed by atoms with van der Waals surface area (Å²) in [4.78, 5) is 19.8. The van der Waals surface area contributed by atoms with Crippen molar-refractivity contribution in [3.05, 3.63) is 71.2 Å². The van der Waals surface area contributed by atoms with Crippen LogP contribution >= 0.6 is 0 Å². The van der Waals surface area contributed by atoms with Crippen molar-refractivity contribution in [2.75, 3.05) is 20.7 Å². The molecule has 0 spiro atoms. The van der Waals surface area contributed by atoms with Crippen molar-refractivity contribution >= 4 is 19.7 Å². The molecule has 0 unspecified atom stereocenters. The number of hydrogen-bond acceptors (Lipinski definition) is 4. The van der Waals surface area contributed by atoms with Crippen LogP contribution in [0.25, 0.3) is 5.57 Å². The maximum atomic E-state index is 13.6. The van der Waals surface area contributed by atoms with Crippen LogP contribution in [-0.2, 0) is 10.8 Å². The second-order valence-corrected chi connectivity index (χ2v) is 14.7. The molecular formula is C26H38N2O2Si. The van der Waals surface area contributed by atoms with Crippen molar-refractivity contribution in [1.29, 1.82) is 0 Å². The topological polar surface area (TPSA) is 42.4 Å². The largest absolute Gasteiger partial charge is 0.417 e. The number of carbonyl (C=O) groups is 1. The van der Waals surface area contributed by atoms with Crippen molar-refractivity contribution in [2.45, 2.75) is 58.7 Å². The Morgan fingerprint density at radius 2 is 1.81 bits per heavy atom. The molecule has 1 heterocycles. The van der Waals surface area contributed by atoms with Gasteiger partial charge in [-0.2, -0.15) is 0 Å². The molecule has 0 atom stereocenters. The van der Waals surface area contributed by atoms with Crippen LogP contribution in [0.4, 0.5) is 0 Å². The Kier molecular flexibility index (Phi) is 8.38. The molecule has 0 bridgehead atoms. The predicted molar refractivity (Wildman–Crippen MR) is 133 cm³/mol. The van der Waals surface area contributed by atoms with Gasteiger partial charge in [0.15, 0.2) is 14.1 Å². The highest BCUT2D eigenvalue weighted by Crippen LogP contribution is 2.36. The molecular weight excluding hydrogens is 400 g/mol. The van der Waals surface area contributed by atoms with Crippen molar-refractivity contribution in [3.8, 4) is 0 Å². The first-order chi connectivity index (χ1) is 14.4. The van der Waals surface area contributed by atoms with Crippen molar-refractivity contribution in [3.63, 3.8) is 0 Å². The zero-order chi connectivity index (χ0) is 23.2. The average molecular weight is 439 g/mol. The number of hydrogen-bond donors (Lipinski definition) is 0. The maximum Gasteiger partial charge on any atom is 0.196 e. The molecule has 168 valence electrons. The number of carbonyl (C=O) groups excluding carboxylic acids is 1. The van der Waals surface area contributed by atoms with Gasteiger partial charge in [0.05, 0.1) is 0 Å². The third-order valence-electron chi connectivity index (χ3n) is 6.08. The Morgan fingerprint density at radius 3 is 2.42 bits per heavy atom. The molecule has 0 fully saturated rings. The number of nitrogens with zero attached hydrogens (tertiary/aromatic N) is 2. The summed E-state index contributed by atoms with van der Waals surface area (Å²) < 4.78 is 6.32. The molecule has 0 N–H and O–H groups in total. The van der Waals surface area contributed by atoms with Crippen LogP contribution in [-0.4, -0.2) is 44.7 Å². The van der Waals surface area contributed by atoms with Gasteiger partial charge in [-0.05, 0) is 60.7 Å². The van der Waals surface area contributed by atoms with Gasteiger partial charge < -0.3 is 9.33 Å². The first kappa shape index (κ1) is 25.0. The minimum atomic E-state index is -1.76. The zero-order valence-corrected chi connectivity index (χ0v) is 21.5. The van der Waals surface area contributed by atoms with Crippen LogP contribution in [0, 0.1) is 6.92 Å². The highest BCUT2D eigenvalue weighted by atomic mass is 28.4. The van der Waals surface area contributed by atoms with E-state index in [1.807, 2.05) is 62.5 Å². The standard InChI is InChI=1S/C26H38N2O2Si/c1-20-12-9-10-14-22(20)24(19-28(5)6)25(29)23-18-27-16-15-21(23)13-11-17-30-31(7,8)26(2,3)4/h9-10,12,14-16,18-19H,11,13,17H2,1-8H3/b24-19-. The Hall–Kier alpha value is -2.24. The maximum absolute atomic E-state index is 13.6. The number of aromatic nitrogens is 1. The molecule has 2 aromatic rings. The highest BCUT2D eigenvalue weighted by Gasteiger charge is 2.36. The summed E-state index contributed by atoms with van der Waals surface area (Å²) in [5.41, 5.74) is 4.42. The van der Waals surface area contributed by atoms with E-state index in [9.17, 15) is 4.79 Å². The lowest BCUT2D eigenvalue weighted by Crippen LogP contribution is -2.41. The molecule has 0 saturated carbocycles. The molecule has 0 amide bonds. The minimum absolute atomic E-state index is 0.0106. The fourth-order valence-electron chi connectivity index (χ4n) is 3.18. The van der Waals surface area contributed by atoms with Crippen molar-refractivity contribution < 1.29 is 9.22 Å². The van der Waals surface area contributed by atoms with E-state index < -0.39 is 8.32 Å². The van der Waals surface area contributed by atoms with E-state index in [-0.39, 0.29) is 10.8 Å². The molecule has 2 rings (SSSR count). The first-order valence-corrected chi connectivity index (χ1v) is 13.9. The number of benzene rings is 1. The molecule has 5 heteroatoms. The number of ketones is 1. The number of rotatable bonds is 9. The summed E-state index contributed by atoms with van der Waals surface area (Å²) in [7, 11) is 2.12. The third-order valence-corrected chi connectivity index (χ3v) is 10.6. The molecule has 1 aromatic heterocycles. The number of aryl methyl sites for hydroxylation is 2. The summed E-state index contributed by atoms with van der Waals surface area (Å²) in [6, 6.07) is 9.97. The van der Waals surface area contributed by atoms with Crippen molar-refractivity contribution in [1.82, 2.24) is 9.88 Å². The van der Waals surface area contributed by atoms with E-state index in [1.165, 1.54) is 0 Å². The molecule has 0 aliphatic carbocycles. The van der Waals surface area contributed by atoms with E-state index in [0.717, 1.165) is 29.5 Å². The van der Waals surface area contributed by atoms with E-state index in [0.29, 0.717) is 17.7 Å². The zero-order valence-electron chi connectivity index (χ0n) is 20.5. The van der Waals surface area contributed by atoms with E-state index >= 15 is 0 Å². The normalized spacial score (nSPS) is 12.7. The van der Waals surface area contributed by atoms with Crippen LogP contribution in [0.2, 0.25) is 18.1 Å². The summed E-state index contributed by atoms with van der Waals surface area (Å²) in [5, 5.41) is 0.199. The highest BCUT2D eigenvalue weighted by molar-refractivity contribution is 6.74. The van der Waals surface area contributed by atoms with Gasteiger partial charge in [-0.15, -0.1) is 0 Å². The van der Waals surface area contributed by atoms with Crippen LogP contribution in [0.1, 0.15) is 54.2 Å². The van der Waals surface area contributed by atoms with Gasteiger partial charge in [0.1, 0.15) is 0 Å². The summed E-state index contributed by atoms with van der Waals surface area (Å²) >= 11 is 0. The van der Waals surface area contributed by atoms with Gasteiger partial charge in [0.25, 0.3) is 0 Å². The van der Waals surface area contributed by atoms with Crippen molar-refractivity contribution in [2.24, 2.45) is 0 Å². The number of allylic oxidation sites excluding steroid dienone is 1. The SMILES string of the molecule is Cc1ccccc1/C(=C/N(C)C)C(=O)c1cnccc1CCCO[Si](C)(C)C(C)(C)C. The predicted octanol–water partition coefficient (Wildman–Crippen LogP) is 6.13. The number of pyridine rings is 1. The average Bonchev–Trinajstić information content (AvgIpc) is 2.69. The quantitative estimate of drug-likeness (QED) is 0.204. The Bertz CT molecular complexity index is 927. The third kappa shape index (κ3) is 6.62. The van der Waals surface area contributed by atoms with Crippen LogP contribution in [0.5, 0.6) is 0 Å². The van der Waals surface area contributed by atoms with Gasteiger partial charge in [-0.1, -0.05) is 45.0 Å².